The molecular weight excluding hydrogens is 290 g/mol. The van der Waals surface area contributed by atoms with Crippen molar-refractivity contribution in [3.05, 3.63) is 35.9 Å². The van der Waals surface area contributed by atoms with E-state index in [4.69, 9.17) is 4.43 Å². The third-order valence-electron chi connectivity index (χ3n) is 5.20. The standard InChI is InChI=1S/C18H31NO2Si/c1-18(2,3)22(4,5)21-17-11-16(14-20)19(13-17)12-15-9-7-6-8-10-15/h6-10,16-17,20H,11-14H2,1-5H3/t16-,17?/m1/s1. The Bertz CT molecular complexity index is 470. The number of hydrogen-bond donors (Lipinski definition) is 1. The van der Waals surface area contributed by atoms with Crippen LogP contribution in [0.4, 0.5) is 0 Å². The van der Waals surface area contributed by atoms with Gasteiger partial charge in [-0.15, -0.1) is 0 Å². The molecule has 0 aromatic heterocycles. The summed E-state index contributed by atoms with van der Waals surface area (Å²) < 4.78 is 6.55. The number of nitrogens with zero attached hydrogens (tertiary/aromatic N) is 1. The molecule has 1 heterocycles. The minimum Gasteiger partial charge on any atom is -0.413 e. The van der Waals surface area contributed by atoms with Crippen molar-refractivity contribution in [3.8, 4) is 0 Å². The van der Waals surface area contributed by atoms with Crippen molar-refractivity contribution in [2.24, 2.45) is 0 Å². The molecule has 1 N–H and O–H groups in total. The summed E-state index contributed by atoms with van der Waals surface area (Å²) in [5.74, 6) is 0. The molecule has 0 bridgehead atoms. The van der Waals surface area contributed by atoms with Crippen molar-refractivity contribution in [1.82, 2.24) is 4.90 Å². The van der Waals surface area contributed by atoms with E-state index in [-0.39, 0.29) is 23.8 Å². The molecule has 0 saturated carbocycles. The highest BCUT2D eigenvalue weighted by Crippen LogP contribution is 2.39. The van der Waals surface area contributed by atoms with Gasteiger partial charge in [-0.1, -0.05) is 51.1 Å². The van der Waals surface area contributed by atoms with Crippen LogP contribution in [0, 0.1) is 0 Å². The lowest BCUT2D eigenvalue weighted by Gasteiger charge is -2.38. The van der Waals surface area contributed by atoms with E-state index in [0.29, 0.717) is 0 Å². The molecule has 0 aliphatic carbocycles. The monoisotopic (exact) mass is 321 g/mol. The number of rotatable bonds is 5. The Hall–Kier alpha value is -0.683. The van der Waals surface area contributed by atoms with Crippen LogP contribution in [0.25, 0.3) is 0 Å². The predicted octanol–water partition coefficient (Wildman–Crippen LogP) is 3.64. The van der Waals surface area contributed by atoms with Gasteiger partial charge in [-0.05, 0) is 30.1 Å². The molecular formula is C18H31NO2Si. The van der Waals surface area contributed by atoms with Gasteiger partial charge in [0.05, 0.1) is 12.7 Å². The minimum atomic E-state index is -1.74. The summed E-state index contributed by atoms with van der Waals surface area (Å²) in [6.45, 7) is 13.5. The zero-order chi connectivity index (χ0) is 16.4. The van der Waals surface area contributed by atoms with E-state index in [0.717, 1.165) is 19.5 Å². The van der Waals surface area contributed by atoms with Gasteiger partial charge in [-0.2, -0.15) is 0 Å². The molecule has 3 nitrogen and oxygen atoms in total. The van der Waals surface area contributed by atoms with Gasteiger partial charge in [-0.25, -0.2) is 0 Å². The van der Waals surface area contributed by atoms with Crippen LogP contribution in [0.3, 0.4) is 0 Å². The van der Waals surface area contributed by atoms with E-state index in [9.17, 15) is 5.11 Å². The van der Waals surface area contributed by atoms with Crippen molar-refractivity contribution in [2.45, 2.75) is 64.0 Å². The van der Waals surface area contributed by atoms with Crippen molar-refractivity contribution >= 4 is 8.32 Å². The number of aliphatic hydroxyl groups is 1. The van der Waals surface area contributed by atoms with Crippen LogP contribution in [0.1, 0.15) is 32.8 Å². The molecule has 1 fully saturated rings. The molecule has 1 saturated heterocycles. The van der Waals surface area contributed by atoms with Gasteiger partial charge in [0.2, 0.25) is 0 Å². The highest BCUT2D eigenvalue weighted by Gasteiger charge is 2.42. The molecule has 0 amide bonds. The Kier molecular flexibility index (Phi) is 5.48. The van der Waals surface area contributed by atoms with Gasteiger partial charge < -0.3 is 9.53 Å². The van der Waals surface area contributed by atoms with Crippen LogP contribution in [0.15, 0.2) is 30.3 Å². The molecule has 1 aromatic carbocycles. The number of aliphatic hydroxyl groups excluding tert-OH is 1. The summed E-state index contributed by atoms with van der Waals surface area (Å²) in [5.41, 5.74) is 1.30. The van der Waals surface area contributed by atoms with Crippen LogP contribution in [0.5, 0.6) is 0 Å². The van der Waals surface area contributed by atoms with E-state index < -0.39 is 8.32 Å². The zero-order valence-electron chi connectivity index (χ0n) is 14.7. The third-order valence-corrected chi connectivity index (χ3v) is 9.73. The number of likely N-dealkylation sites (tertiary alicyclic amines) is 1. The average Bonchev–Trinajstić information content (AvgIpc) is 2.79. The van der Waals surface area contributed by atoms with E-state index >= 15 is 0 Å². The molecule has 124 valence electrons. The molecule has 1 aliphatic rings. The maximum absolute atomic E-state index is 9.70. The number of benzene rings is 1. The maximum atomic E-state index is 9.70. The first-order valence-corrected chi connectivity index (χ1v) is 11.2. The predicted molar refractivity (Wildman–Crippen MR) is 94.4 cm³/mol. The van der Waals surface area contributed by atoms with Crippen LogP contribution >= 0.6 is 0 Å². The molecule has 1 unspecified atom stereocenters. The SMILES string of the molecule is CC(C)(C)[Si](C)(C)OC1C[C@H](CO)N(Cc2ccccc2)C1. The lowest BCUT2D eigenvalue weighted by atomic mass is 10.2. The molecule has 1 aliphatic heterocycles. The largest absolute Gasteiger partial charge is 0.413 e. The molecule has 0 spiro atoms. The van der Waals surface area contributed by atoms with Gasteiger partial charge in [0.25, 0.3) is 0 Å². The summed E-state index contributed by atoms with van der Waals surface area (Å²) in [7, 11) is -1.74. The molecule has 2 atom stereocenters. The Morgan fingerprint density at radius 2 is 1.86 bits per heavy atom. The van der Waals surface area contributed by atoms with Crippen LogP contribution in [0.2, 0.25) is 18.1 Å². The number of hydrogen-bond acceptors (Lipinski definition) is 3. The van der Waals surface area contributed by atoms with Gasteiger partial charge in [0, 0.05) is 19.1 Å². The second-order valence-corrected chi connectivity index (χ2v) is 12.7. The quantitative estimate of drug-likeness (QED) is 0.840. The lowest BCUT2D eigenvalue weighted by Crippen LogP contribution is -2.44. The van der Waals surface area contributed by atoms with E-state index in [1.807, 2.05) is 6.07 Å². The van der Waals surface area contributed by atoms with E-state index in [2.05, 4.69) is 63.0 Å². The Morgan fingerprint density at radius 1 is 1.23 bits per heavy atom. The molecule has 2 rings (SSSR count). The van der Waals surface area contributed by atoms with Crippen molar-refractivity contribution < 1.29 is 9.53 Å². The second-order valence-electron chi connectivity index (χ2n) is 7.99. The first-order chi connectivity index (χ1) is 10.2. The Morgan fingerprint density at radius 3 is 2.41 bits per heavy atom. The lowest BCUT2D eigenvalue weighted by molar-refractivity contribution is 0.150. The average molecular weight is 322 g/mol. The minimum absolute atomic E-state index is 0.212. The van der Waals surface area contributed by atoms with Crippen molar-refractivity contribution in [3.63, 3.8) is 0 Å². The summed E-state index contributed by atoms with van der Waals surface area (Å²) in [6, 6.07) is 10.7. The normalized spacial score (nSPS) is 23.9. The van der Waals surface area contributed by atoms with Gasteiger partial charge in [0.1, 0.15) is 0 Å². The van der Waals surface area contributed by atoms with Gasteiger partial charge >= 0.3 is 0 Å². The fourth-order valence-electron chi connectivity index (χ4n) is 2.82. The zero-order valence-corrected chi connectivity index (χ0v) is 15.7. The summed E-state index contributed by atoms with van der Waals surface area (Å²) in [5, 5.41) is 9.94. The summed E-state index contributed by atoms with van der Waals surface area (Å²) >= 11 is 0. The highest BCUT2D eigenvalue weighted by atomic mass is 28.4. The molecule has 0 radical (unpaired) electrons. The smallest absolute Gasteiger partial charge is 0.192 e. The maximum Gasteiger partial charge on any atom is 0.192 e. The highest BCUT2D eigenvalue weighted by molar-refractivity contribution is 6.74. The van der Waals surface area contributed by atoms with Gasteiger partial charge in [-0.3, -0.25) is 4.90 Å². The van der Waals surface area contributed by atoms with Crippen LogP contribution in [-0.4, -0.2) is 43.6 Å². The van der Waals surface area contributed by atoms with E-state index in [1.165, 1.54) is 5.56 Å². The Balaban J connectivity index is 2.00. The van der Waals surface area contributed by atoms with Crippen molar-refractivity contribution in [2.75, 3.05) is 13.2 Å². The van der Waals surface area contributed by atoms with Crippen LogP contribution < -0.4 is 0 Å². The first-order valence-electron chi connectivity index (χ1n) is 8.29. The van der Waals surface area contributed by atoms with Crippen molar-refractivity contribution in [1.29, 1.82) is 0 Å². The summed E-state index contributed by atoms with van der Waals surface area (Å²) in [6.07, 6.45) is 1.19. The Labute approximate surface area is 136 Å². The second kappa shape index (κ2) is 6.83. The summed E-state index contributed by atoms with van der Waals surface area (Å²) in [4.78, 5) is 2.37. The topological polar surface area (TPSA) is 32.7 Å². The molecule has 1 aromatic rings. The molecule has 22 heavy (non-hydrogen) atoms. The first kappa shape index (κ1) is 17.7. The fraction of sp³-hybridized carbons (Fsp3) is 0.667. The molecule has 4 heteroatoms. The van der Waals surface area contributed by atoms with Gasteiger partial charge in [0.15, 0.2) is 8.32 Å². The fourth-order valence-corrected chi connectivity index (χ4v) is 4.18. The van der Waals surface area contributed by atoms with Crippen LogP contribution in [-0.2, 0) is 11.0 Å². The third kappa shape index (κ3) is 4.19. The van der Waals surface area contributed by atoms with E-state index in [1.54, 1.807) is 0 Å².